The molecule has 8 heteroatoms. The second kappa shape index (κ2) is 7.60. The second-order valence-electron chi connectivity index (χ2n) is 6.05. The van der Waals surface area contributed by atoms with Crippen molar-refractivity contribution in [2.75, 3.05) is 0 Å². The molecule has 0 spiro atoms. The molecule has 0 aliphatic heterocycles. The SMILES string of the molecule is Cc1ccc(S(=O)(=O)O/C(=C(/Br)c2ccc3ccccc3c2)C(F)(F)F)cc1. The maximum absolute atomic E-state index is 13.6. The smallest absolute Gasteiger partial charge is 0.372 e. The van der Waals surface area contributed by atoms with E-state index in [9.17, 15) is 21.6 Å². The van der Waals surface area contributed by atoms with E-state index in [2.05, 4.69) is 20.1 Å². The van der Waals surface area contributed by atoms with Gasteiger partial charge in [0.05, 0.1) is 4.48 Å². The van der Waals surface area contributed by atoms with E-state index in [0.717, 1.165) is 10.9 Å². The molecule has 0 unspecified atom stereocenters. The summed E-state index contributed by atoms with van der Waals surface area (Å²) in [5, 5.41) is 1.55. The fourth-order valence-corrected chi connectivity index (χ4v) is 4.15. The Hall–Kier alpha value is -2.32. The minimum absolute atomic E-state index is 0.144. The van der Waals surface area contributed by atoms with E-state index in [-0.39, 0.29) is 10.5 Å². The first-order valence-corrected chi connectivity index (χ1v) is 10.3. The highest BCUT2D eigenvalue weighted by Gasteiger charge is 2.42. The fourth-order valence-electron chi connectivity index (χ4n) is 2.53. The van der Waals surface area contributed by atoms with Crippen LogP contribution in [0.1, 0.15) is 11.1 Å². The predicted molar refractivity (Wildman–Crippen MR) is 105 cm³/mol. The van der Waals surface area contributed by atoms with Crippen LogP contribution in [0.5, 0.6) is 0 Å². The molecule has 146 valence electrons. The molecule has 0 saturated heterocycles. The molecule has 3 nitrogen and oxygen atoms in total. The number of hydrogen-bond donors (Lipinski definition) is 0. The van der Waals surface area contributed by atoms with Crippen LogP contribution in [-0.2, 0) is 14.3 Å². The molecule has 3 rings (SSSR count). The van der Waals surface area contributed by atoms with Gasteiger partial charge in [0, 0.05) is 0 Å². The lowest BCUT2D eigenvalue weighted by Gasteiger charge is -2.16. The van der Waals surface area contributed by atoms with Crippen LogP contribution in [0.4, 0.5) is 13.2 Å². The van der Waals surface area contributed by atoms with E-state index in [1.807, 2.05) is 12.1 Å². The minimum Gasteiger partial charge on any atom is -0.372 e. The van der Waals surface area contributed by atoms with Crippen molar-refractivity contribution in [3.8, 4) is 0 Å². The van der Waals surface area contributed by atoms with Crippen LogP contribution in [-0.4, -0.2) is 14.6 Å². The van der Waals surface area contributed by atoms with Crippen LogP contribution in [0.3, 0.4) is 0 Å². The summed E-state index contributed by atoms with van der Waals surface area (Å²) in [5.41, 5.74) is 0.910. The van der Waals surface area contributed by atoms with Crippen molar-refractivity contribution in [2.24, 2.45) is 0 Å². The van der Waals surface area contributed by atoms with Crippen molar-refractivity contribution in [2.45, 2.75) is 18.0 Å². The molecule has 0 aliphatic carbocycles. The number of aryl methyl sites for hydroxylation is 1. The summed E-state index contributed by atoms with van der Waals surface area (Å²) < 4.78 is 69.6. The monoisotopic (exact) mass is 470 g/mol. The summed E-state index contributed by atoms with van der Waals surface area (Å²) in [6.45, 7) is 1.73. The number of rotatable bonds is 4. The van der Waals surface area contributed by atoms with E-state index < -0.39 is 26.5 Å². The van der Waals surface area contributed by atoms with E-state index in [1.165, 1.54) is 36.4 Å². The first-order valence-electron chi connectivity index (χ1n) is 8.05. The normalized spacial score (nSPS) is 13.3. The van der Waals surface area contributed by atoms with Gasteiger partial charge < -0.3 is 4.18 Å². The van der Waals surface area contributed by atoms with Crippen molar-refractivity contribution in [3.05, 3.63) is 83.6 Å². The summed E-state index contributed by atoms with van der Waals surface area (Å²) >= 11 is 2.88. The fraction of sp³-hybridized carbons (Fsp3) is 0.100. The molecule has 3 aromatic carbocycles. The van der Waals surface area contributed by atoms with Crippen LogP contribution in [0.15, 0.2) is 77.4 Å². The number of alkyl halides is 3. The predicted octanol–water partition coefficient (Wildman–Crippen LogP) is 6.18. The number of allylic oxidation sites excluding steroid dienone is 1. The van der Waals surface area contributed by atoms with Gasteiger partial charge in [0.2, 0.25) is 5.76 Å². The van der Waals surface area contributed by atoms with Gasteiger partial charge in [-0.2, -0.15) is 21.6 Å². The molecule has 0 aliphatic rings. The van der Waals surface area contributed by atoms with Gasteiger partial charge in [-0.15, -0.1) is 0 Å². The lowest BCUT2D eigenvalue weighted by molar-refractivity contribution is -0.114. The molecule has 0 radical (unpaired) electrons. The highest BCUT2D eigenvalue weighted by atomic mass is 79.9. The molecule has 0 N–H and O–H groups in total. The number of benzene rings is 3. The molecule has 0 fully saturated rings. The second-order valence-corrected chi connectivity index (χ2v) is 8.39. The molecule has 0 bridgehead atoms. The summed E-state index contributed by atoms with van der Waals surface area (Å²) in [6.07, 6.45) is -5.03. The third kappa shape index (κ3) is 4.39. The van der Waals surface area contributed by atoms with Gasteiger partial charge in [0.1, 0.15) is 4.90 Å². The van der Waals surface area contributed by atoms with E-state index in [1.54, 1.807) is 25.1 Å². The Morgan fingerprint density at radius 3 is 2.14 bits per heavy atom. The quantitative estimate of drug-likeness (QED) is 0.337. The lowest BCUT2D eigenvalue weighted by atomic mass is 10.1. The summed E-state index contributed by atoms with van der Waals surface area (Å²) in [7, 11) is -4.66. The van der Waals surface area contributed by atoms with Gasteiger partial charge >= 0.3 is 16.3 Å². The minimum atomic E-state index is -5.03. The van der Waals surface area contributed by atoms with Crippen molar-refractivity contribution >= 4 is 41.3 Å². The van der Waals surface area contributed by atoms with Gasteiger partial charge in [0.15, 0.2) is 0 Å². The number of fused-ring (bicyclic) bond motifs is 1. The average Bonchev–Trinajstić information content (AvgIpc) is 2.65. The van der Waals surface area contributed by atoms with E-state index >= 15 is 0 Å². The first kappa shape index (κ1) is 20.4. The molecular weight excluding hydrogens is 457 g/mol. The Bertz CT molecular complexity index is 1150. The lowest BCUT2D eigenvalue weighted by Crippen LogP contribution is -2.19. The summed E-state index contributed by atoms with van der Waals surface area (Å²) in [4.78, 5) is -0.362. The maximum Gasteiger partial charge on any atom is 0.451 e. The van der Waals surface area contributed by atoms with Crippen LogP contribution < -0.4 is 0 Å². The van der Waals surface area contributed by atoms with Gasteiger partial charge in [-0.3, -0.25) is 0 Å². The van der Waals surface area contributed by atoms with Crippen molar-refractivity contribution in [1.29, 1.82) is 0 Å². The Morgan fingerprint density at radius 1 is 0.929 bits per heavy atom. The molecule has 0 atom stereocenters. The Labute approximate surface area is 168 Å². The van der Waals surface area contributed by atoms with Gasteiger partial charge in [-0.25, -0.2) is 0 Å². The van der Waals surface area contributed by atoms with Crippen LogP contribution in [0.25, 0.3) is 15.3 Å². The topological polar surface area (TPSA) is 43.4 Å². The standard InChI is InChI=1S/C20H14BrF3O3S/c1-13-6-10-17(11-7-13)28(25,26)27-19(20(22,23)24)18(21)16-9-8-14-4-2-3-5-15(14)12-16/h2-12H,1H3/b19-18+. The molecule has 3 aromatic rings. The van der Waals surface area contributed by atoms with Crippen molar-refractivity contribution < 1.29 is 25.8 Å². The zero-order chi connectivity index (χ0) is 20.5. The Morgan fingerprint density at radius 2 is 1.54 bits per heavy atom. The zero-order valence-electron chi connectivity index (χ0n) is 14.5. The zero-order valence-corrected chi connectivity index (χ0v) is 16.9. The van der Waals surface area contributed by atoms with Gasteiger partial charge in [-0.1, -0.05) is 54.1 Å². The van der Waals surface area contributed by atoms with Crippen LogP contribution in [0, 0.1) is 6.92 Å². The molecule has 0 amide bonds. The van der Waals surface area contributed by atoms with E-state index in [0.29, 0.717) is 5.39 Å². The summed E-state index contributed by atoms with van der Waals surface area (Å²) in [6, 6.07) is 17.1. The van der Waals surface area contributed by atoms with E-state index in [4.69, 9.17) is 0 Å². The highest BCUT2D eigenvalue weighted by Crippen LogP contribution is 2.39. The average molecular weight is 471 g/mol. The Kier molecular flexibility index (Phi) is 5.54. The van der Waals surface area contributed by atoms with Crippen LogP contribution in [0.2, 0.25) is 0 Å². The van der Waals surface area contributed by atoms with Crippen molar-refractivity contribution in [1.82, 2.24) is 0 Å². The van der Waals surface area contributed by atoms with Crippen LogP contribution >= 0.6 is 15.9 Å². The summed E-state index contributed by atoms with van der Waals surface area (Å²) in [5.74, 6) is -1.64. The molecule has 0 heterocycles. The maximum atomic E-state index is 13.6. The van der Waals surface area contributed by atoms with Crippen molar-refractivity contribution in [3.63, 3.8) is 0 Å². The number of hydrogen-bond acceptors (Lipinski definition) is 3. The third-order valence-electron chi connectivity index (χ3n) is 3.96. The van der Waals surface area contributed by atoms with Gasteiger partial charge in [-0.05, 0) is 57.4 Å². The first-order chi connectivity index (χ1) is 13.1. The third-order valence-corrected chi connectivity index (χ3v) is 6.02. The Balaban J connectivity index is 2.09. The molecule has 0 saturated carbocycles. The highest BCUT2D eigenvalue weighted by molar-refractivity contribution is 9.15. The molecule has 28 heavy (non-hydrogen) atoms. The largest absolute Gasteiger partial charge is 0.451 e. The number of halogens is 4. The van der Waals surface area contributed by atoms with Gasteiger partial charge in [0.25, 0.3) is 0 Å². The molecule has 0 aromatic heterocycles. The molecular formula is C20H14BrF3O3S.